The van der Waals surface area contributed by atoms with E-state index in [1.165, 1.54) is 0 Å². The predicted octanol–water partition coefficient (Wildman–Crippen LogP) is 2.93. The van der Waals surface area contributed by atoms with Gasteiger partial charge in [-0.2, -0.15) is 0 Å². The van der Waals surface area contributed by atoms with Crippen LogP contribution >= 0.6 is 0 Å². The van der Waals surface area contributed by atoms with Crippen LogP contribution in [0.25, 0.3) is 0 Å². The number of rotatable bonds is 1. The van der Waals surface area contributed by atoms with Crippen molar-refractivity contribution in [3.63, 3.8) is 0 Å². The first kappa shape index (κ1) is 12.3. The number of terminal acetylenes is 1. The van der Waals surface area contributed by atoms with Crippen molar-refractivity contribution in [1.82, 2.24) is 0 Å². The molecule has 0 N–H and O–H groups in total. The van der Waals surface area contributed by atoms with E-state index in [0.717, 1.165) is 11.1 Å². The molecule has 0 saturated carbocycles. The third-order valence-electron chi connectivity index (χ3n) is 2.03. The Hall–Kier alpha value is -1.75. The maximum atomic E-state index is 11.7. The molecular formula is C14H16O2. The van der Waals surface area contributed by atoms with Crippen molar-refractivity contribution in [3.05, 3.63) is 34.9 Å². The summed E-state index contributed by atoms with van der Waals surface area (Å²) in [6.07, 6.45) is 5.34. The maximum Gasteiger partial charge on any atom is 0.338 e. The van der Waals surface area contributed by atoms with Gasteiger partial charge in [0, 0.05) is 5.56 Å². The molecule has 0 radical (unpaired) electrons. The summed E-state index contributed by atoms with van der Waals surface area (Å²) >= 11 is 0. The first-order valence-electron chi connectivity index (χ1n) is 5.14. The van der Waals surface area contributed by atoms with Gasteiger partial charge in [-0.05, 0) is 45.4 Å². The first-order valence-corrected chi connectivity index (χ1v) is 5.14. The van der Waals surface area contributed by atoms with Gasteiger partial charge in [0.15, 0.2) is 0 Å². The van der Waals surface area contributed by atoms with Gasteiger partial charge in [-0.25, -0.2) is 4.79 Å². The Labute approximate surface area is 96.6 Å². The van der Waals surface area contributed by atoms with Crippen molar-refractivity contribution < 1.29 is 9.53 Å². The molecule has 0 amide bonds. The van der Waals surface area contributed by atoms with E-state index in [4.69, 9.17) is 11.2 Å². The molecule has 0 heterocycles. The summed E-state index contributed by atoms with van der Waals surface area (Å²) in [6, 6.07) is 5.24. The average Bonchev–Trinajstić information content (AvgIpc) is 2.15. The Kier molecular flexibility index (Phi) is 3.39. The molecule has 0 fully saturated rings. The summed E-state index contributed by atoms with van der Waals surface area (Å²) in [5.74, 6) is 2.20. The topological polar surface area (TPSA) is 26.3 Å². The summed E-state index contributed by atoms with van der Waals surface area (Å²) in [5.41, 5.74) is 1.71. The molecule has 2 nitrogen and oxygen atoms in total. The minimum Gasteiger partial charge on any atom is -0.456 e. The number of carbonyl (C=O) groups is 1. The van der Waals surface area contributed by atoms with Gasteiger partial charge in [-0.3, -0.25) is 0 Å². The van der Waals surface area contributed by atoms with E-state index in [-0.39, 0.29) is 5.97 Å². The fourth-order valence-corrected chi connectivity index (χ4v) is 1.24. The number of hydrogen-bond acceptors (Lipinski definition) is 2. The molecule has 0 spiro atoms. The molecule has 0 aliphatic carbocycles. The van der Waals surface area contributed by atoms with Crippen LogP contribution < -0.4 is 0 Å². The zero-order valence-electron chi connectivity index (χ0n) is 10.1. The Morgan fingerprint density at radius 3 is 2.50 bits per heavy atom. The van der Waals surface area contributed by atoms with E-state index < -0.39 is 5.60 Å². The van der Waals surface area contributed by atoms with Crippen LogP contribution in [0, 0.1) is 19.3 Å². The second kappa shape index (κ2) is 4.40. The van der Waals surface area contributed by atoms with Crippen LogP contribution in [-0.4, -0.2) is 11.6 Å². The zero-order chi connectivity index (χ0) is 12.3. The van der Waals surface area contributed by atoms with Gasteiger partial charge < -0.3 is 4.74 Å². The van der Waals surface area contributed by atoms with E-state index >= 15 is 0 Å². The lowest BCUT2D eigenvalue weighted by atomic mass is 10.1. The maximum absolute atomic E-state index is 11.7. The van der Waals surface area contributed by atoms with Crippen LogP contribution in [0.3, 0.4) is 0 Å². The summed E-state index contributed by atoms with van der Waals surface area (Å²) in [4.78, 5) is 11.7. The van der Waals surface area contributed by atoms with Gasteiger partial charge in [0.05, 0.1) is 5.56 Å². The summed E-state index contributed by atoms with van der Waals surface area (Å²) in [6.45, 7) is 7.41. The molecule has 0 saturated heterocycles. The van der Waals surface area contributed by atoms with Crippen molar-refractivity contribution in [3.8, 4) is 12.3 Å². The van der Waals surface area contributed by atoms with E-state index in [2.05, 4.69) is 5.92 Å². The standard InChI is InChI=1S/C14H16O2/c1-6-11-9-12(8-7-10(11)2)13(15)16-14(3,4)5/h1,7-9H,2-5H3. The number of benzene rings is 1. The Balaban J connectivity index is 2.98. The minimum atomic E-state index is -0.488. The number of ether oxygens (including phenoxy) is 1. The predicted molar refractivity (Wildman–Crippen MR) is 64.3 cm³/mol. The fourth-order valence-electron chi connectivity index (χ4n) is 1.24. The Bertz CT molecular complexity index is 445. The van der Waals surface area contributed by atoms with Gasteiger partial charge in [-0.15, -0.1) is 6.42 Å². The highest BCUT2D eigenvalue weighted by molar-refractivity contribution is 5.90. The monoisotopic (exact) mass is 216 g/mol. The van der Waals surface area contributed by atoms with Crippen molar-refractivity contribution in [1.29, 1.82) is 0 Å². The van der Waals surface area contributed by atoms with E-state index in [0.29, 0.717) is 5.56 Å². The molecule has 0 aromatic heterocycles. The van der Waals surface area contributed by atoms with Crippen LogP contribution in [0.1, 0.15) is 42.3 Å². The molecule has 0 atom stereocenters. The molecule has 0 bridgehead atoms. The normalized spacial score (nSPS) is 10.7. The third kappa shape index (κ3) is 3.13. The lowest BCUT2D eigenvalue weighted by molar-refractivity contribution is 0.00695. The highest BCUT2D eigenvalue weighted by atomic mass is 16.6. The quantitative estimate of drug-likeness (QED) is 0.533. The molecule has 1 aromatic rings. The Morgan fingerprint density at radius 1 is 1.38 bits per heavy atom. The summed E-state index contributed by atoms with van der Waals surface area (Å²) in [5, 5.41) is 0. The van der Waals surface area contributed by atoms with Gasteiger partial charge >= 0.3 is 5.97 Å². The van der Waals surface area contributed by atoms with Crippen molar-refractivity contribution in [2.45, 2.75) is 33.3 Å². The average molecular weight is 216 g/mol. The molecule has 1 aromatic carbocycles. The highest BCUT2D eigenvalue weighted by Gasteiger charge is 2.18. The van der Waals surface area contributed by atoms with Crippen LogP contribution in [-0.2, 0) is 4.74 Å². The molecule has 0 aliphatic heterocycles. The number of esters is 1. The number of carbonyl (C=O) groups excluding carboxylic acids is 1. The van der Waals surface area contributed by atoms with Gasteiger partial charge in [0.1, 0.15) is 5.60 Å². The molecule has 16 heavy (non-hydrogen) atoms. The van der Waals surface area contributed by atoms with E-state index in [9.17, 15) is 4.79 Å². The number of aryl methyl sites for hydroxylation is 1. The molecule has 1 rings (SSSR count). The number of hydrogen-bond donors (Lipinski definition) is 0. The lowest BCUT2D eigenvalue weighted by Crippen LogP contribution is -2.23. The van der Waals surface area contributed by atoms with Crippen LogP contribution in [0.2, 0.25) is 0 Å². The van der Waals surface area contributed by atoms with Gasteiger partial charge in [-0.1, -0.05) is 12.0 Å². The van der Waals surface area contributed by atoms with Gasteiger partial charge in [0.25, 0.3) is 0 Å². The lowest BCUT2D eigenvalue weighted by Gasteiger charge is -2.19. The largest absolute Gasteiger partial charge is 0.456 e. The Morgan fingerprint density at radius 2 is 2.00 bits per heavy atom. The van der Waals surface area contributed by atoms with Gasteiger partial charge in [0.2, 0.25) is 0 Å². The van der Waals surface area contributed by atoms with Crippen molar-refractivity contribution in [2.75, 3.05) is 0 Å². The molecule has 2 heteroatoms. The second-order valence-electron chi connectivity index (χ2n) is 4.68. The van der Waals surface area contributed by atoms with E-state index in [1.807, 2.05) is 33.8 Å². The molecule has 0 unspecified atom stereocenters. The second-order valence-corrected chi connectivity index (χ2v) is 4.68. The minimum absolute atomic E-state index is 0.344. The highest BCUT2D eigenvalue weighted by Crippen LogP contribution is 2.15. The zero-order valence-corrected chi connectivity index (χ0v) is 10.1. The third-order valence-corrected chi connectivity index (χ3v) is 2.03. The van der Waals surface area contributed by atoms with E-state index in [1.54, 1.807) is 12.1 Å². The smallest absolute Gasteiger partial charge is 0.338 e. The molecule has 84 valence electrons. The summed E-state index contributed by atoms with van der Waals surface area (Å²) in [7, 11) is 0. The summed E-state index contributed by atoms with van der Waals surface area (Å²) < 4.78 is 5.26. The first-order chi connectivity index (χ1) is 7.33. The van der Waals surface area contributed by atoms with Crippen molar-refractivity contribution >= 4 is 5.97 Å². The van der Waals surface area contributed by atoms with Crippen LogP contribution in [0.15, 0.2) is 18.2 Å². The SMILES string of the molecule is C#Cc1cc(C(=O)OC(C)(C)C)ccc1C. The van der Waals surface area contributed by atoms with Crippen LogP contribution in [0.4, 0.5) is 0 Å². The van der Waals surface area contributed by atoms with Crippen molar-refractivity contribution in [2.24, 2.45) is 0 Å². The molecule has 0 aliphatic rings. The molecular weight excluding hydrogens is 200 g/mol. The van der Waals surface area contributed by atoms with Crippen LogP contribution in [0.5, 0.6) is 0 Å². The fraction of sp³-hybridized carbons (Fsp3) is 0.357.